The minimum atomic E-state index is -0.473. The minimum absolute atomic E-state index is 0.0680. The van der Waals surface area contributed by atoms with E-state index in [2.05, 4.69) is 17.4 Å². The summed E-state index contributed by atoms with van der Waals surface area (Å²) in [5.41, 5.74) is 3.71. The molecule has 1 aliphatic carbocycles. The molecule has 1 aliphatic rings. The van der Waals surface area contributed by atoms with Crippen LogP contribution in [0, 0.1) is 0 Å². The van der Waals surface area contributed by atoms with Crippen molar-refractivity contribution in [1.82, 2.24) is 5.32 Å². The predicted octanol–water partition coefficient (Wildman–Crippen LogP) is 6.08. The summed E-state index contributed by atoms with van der Waals surface area (Å²) >= 11 is 14.1. The third kappa shape index (κ3) is 6.31. The number of rotatable bonds is 9. The number of ether oxygens (including phenoxy) is 1. The highest BCUT2D eigenvalue weighted by Gasteiger charge is 2.19. The SMILES string of the molecule is CC[C@H](Oc1ccc2c(c1)CCCC2)C(=O)NCCSCc1c(Cl)cccc1Cl. The first-order chi connectivity index (χ1) is 14.1. The largest absolute Gasteiger partial charge is 0.481 e. The van der Waals surface area contributed by atoms with Gasteiger partial charge in [-0.1, -0.05) is 42.3 Å². The molecular formula is C23H27Cl2NO2S. The Hall–Kier alpha value is -1.36. The highest BCUT2D eigenvalue weighted by molar-refractivity contribution is 7.98. The third-order valence-corrected chi connectivity index (χ3v) is 6.81. The zero-order valence-corrected chi connectivity index (χ0v) is 19.0. The summed E-state index contributed by atoms with van der Waals surface area (Å²) in [6.45, 7) is 2.55. The molecule has 6 heteroatoms. The summed E-state index contributed by atoms with van der Waals surface area (Å²) in [4.78, 5) is 12.5. The monoisotopic (exact) mass is 451 g/mol. The number of carbonyl (C=O) groups is 1. The van der Waals surface area contributed by atoms with Crippen molar-refractivity contribution in [2.75, 3.05) is 12.3 Å². The molecule has 0 heterocycles. The van der Waals surface area contributed by atoms with Crippen LogP contribution in [0.25, 0.3) is 0 Å². The second kappa shape index (κ2) is 11.1. The molecule has 0 fully saturated rings. The average molecular weight is 452 g/mol. The molecule has 2 aromatic rings. The van der Waals surface area contributed by atoms with Crippen molar-refractivity contribution >= 4 is 40.9 Å². The van der Waals surface area contributed by atoms with Crippen molar-refractivity contribution in [2.45, 2.75) is 50.9 Å². The smallest absolute Gasteiger partial charge is 0.261 e. The molecule has 0 aromatic heterocycles. The lowest BCUT2D eigenvalue weighted by molar-refractivity contribution is -0.127. The Morgan fingerprint density at radius 3 is 2.59 bits per heavy atom. The van der Waals surface area contributed by atoms with Gasteiger partial charge in [-0.05, 0) is 73.1 Å². The van der Waals surface area contributed by atoms with Crippen LogP contribution in [0.15, 0.2) is 36.4 Å². The lowest BCUT2D eigenvalue weighted by atomic mass is 9.92. The molecule has 3 nitrogen and oxygen atoms in total. The van der Waals surface area contributed by atoms with E-state index in [0.29, 0.717) is 23.0 Å². The quantitative estimate of drug-likeness (QED) is 0.469. The van der Waals surface area contributed by atoms with Crippen LogP contribution in [0.1, 0.15) is 42.9 Å². The average Bonchev–Trinajstić information content (AvgIpc) is 2.73. The van der Waals surface area contributed by atoms with Crippen LogP contribution in [-0.4, -0.2) is 24.3 Å². The number of aryl methyl sites for hydroxylation is 2. The third-order valence-electron chi connectivity index (χ3n) is 5.12. The number of amides is 1. The molecule has 29 heavy (non-hydrogen) atoms. The van der Waals surface area contributed by atoms with Gasteiger partial charge in [0.2, 0.25) is 0 Å². The van der Waals surface area contributed by atoms with Gasteiger partial charge in [0, 0.05) is 28.1 Å². The molecule has 2 aromatic carbocycles. The maximum absolute atomic E-state index is 12.5. The van der Waals surface area contributed by atoms with Crippen LogP contribution in [0.5, 0.6) is 5.75 Å². The van der Waals surface area contributed by atoms with Crippen molar-refractivity contribution in [3.8, 4) is 5.75 Å². The van der Waals surface area contributed by atoms with Crippen LogP contribution in [0.3, 0.4) is 0 Å². The van der Waals surface area contributed by atoms with E-state index in [1.54, 1.807) is 11.8 Å². The van der Waals surface area contributed by atoms with E-state index in [1.165, 1.54) is 24.0 Å². The molecule has 0 aliphatic heterocycles. The Morgan fingerprint density at radius 1 is 1.14 bits per heavy atom. The van der Waals surface area contributed by atoms with Crippen molar-refractivity contribution in [3.63, 3.8) is 0 Å². The van der Waals surface area contributed by atoms with Gasteiger partial charge < -0.3 is 10.1 Å². The van der Waals surface area contributed by atoms with Crippen LogP contribution < -0.4 is 10.1 Å². The lowest BCUT2D eigenvalue weighted by Crippen LogP contribution is -2.39. The molecule has 0 spiro atoms. The summed E-state index contributed by atoms with van der Waals surface area (Å²) in [5, 5.41) is 4.34. The molecule has 156 valence electrons. The van der Waals surface area contributed by atoms with E-state index in [-0.39, 0.29) is 5.91 Å². The highest BCUT2D eigenvalue weighted by Crippen LogP contribution is 2.28. The molecule has 1 N–H and O–H groups in total. The van der Waals surface area contributed by atoms with Gasteiger partial charge in [0.1, 0.15) is 5.75 Å². The minimum Gasteiger partial charge on any atom is -0.481 e. The molecule has 0 unspecified atom stereocenters. The van der Waals surface area contributed by atoms with E-state index >= 15 is 0 Å². The van der Waals surface area contributed by atoms with Gasteiger partial charge in [-0.15, -0.1) is 0 Å². The number of halogens is 2. The number of nitrogens with one attached hydrogen (secondary N) is 1. The Morgan fingerprint density at radius 2 is 1.86 bits per heavy atom. The molecule has 1 atom stereocenters. The standard InChI is InChI=1S/C23H27Cl2NO2S/c1-2-22(28-18-11-10-16-6-3-4-7-17(16)14-18)23(27)26-12-13-29-15-19-20(24)8-5-9-21(19)25/h5,8-11,14,22H,2-4,6-7,12-13,15H2,1H3,(H,26,27)/t22-/m0/s1. The second-order valence-corrected chi connectivity index (χ2v) is 9.12. The molecule has 0 radical (unpaired) electrons. The van der Waals surface area contributed by atoms with Crippen molar-refractivity contribution in [2.24, 2.45) is 0 Å². The Balaban J connectivity index is 1.44. The number of carbonyl (C=O) groups excluding carboxylic acids is 1. The molecule has 0 saturated heterocycles. The van der Waals surface area contributed by atoms with Crippen molar-refractivity contribution in [3.05, 3.63) is 63.1 Å². The zero-order chi connectivity index (χ0) is 20.6. The molecule has 3 rings (SSSR count). The Labute approximate surface area is 187 Å². The van der Waals surface area contributed by atoms with Crippen molar-refractivity contribution in [1.29, 1.82) is 0 Å². The highest BCUT2D eigenvalue weighted by atomic mass is 35.5. The fraction of sp³-hybridized carbons (Fsp3) is 0.435. The first kappa shape index (κ1) is 22.3. The van der Waals surface area contributed by atoms with Gasteiger partial charge in [-0.3, -0.25) is 4.79 Å². The number of hydrogen-bond donors (Lipinski definition) is 1. The van der Waals surface area contributed by atoms with Gasteiger partial charge in [0.15, 0.2) is 6.10 Å². The lowest BCUT2D eigenvalue weighted by Gasteiger charge is -2.20. The van der Waals surface area contributed by atoms with Gasteiger partial charge in [0.25, 0.3) is 5.91 Å². The topological polar surface area (TPSA) is 38.3 Å². The van der Waals surface area contributed by atoms with Gasteiger partial charge in [-0.25, -0.2) is 0 Å². The number of benzene rings is 2. The first-order valence-corrected chi connectivity index (χ1v) is 12.1. The van der Waals surface area contributed by atoms with Crippen molar-refractivity contribution < 1.29 is 9.53 Å². The van der Waals surface area contributed by atoms with Gasteiger partial charge >= 0.3 is 0 Å². The molecule has 0 saturated carbocycles. The zero-order valence-electron chi connectivity index (χ0n) is 16.7. The molecule has 0 bridgehead atoms. The second-order valence-electron chi connectivity index (χ2n) is 7.20. The Kier molecular flexibility index (Phi) is 8.58. The van der Waals surface area contributed by atoms with E-state index in [1.807, 2.05) is 31.2 Å². The van der Waals surface area contributed by atoms with Crippen LogP contribution in [0.2, 0.25) is 10.0 Å². The summed E-state index contributed by atoms with van der Waals surface area (Å²) in [6, 6.07) is 11.8. The van der Waals surface area contributed by atoms with Crippen LogP contribution in [0.4, 0.5) is 0 Å². The summed E-state index contributed by atoms with van der Waals surface area (Å²) in [5.74, 6) is 2.22. The number of thioether (sulfide) groups is 1. The van der Waals surface area contributed by atoms with E-state index < -0.39 is 6.10 Å². The number of hydrogen-bond acceptors (Lipinski definition) is 3. The predicted molar refractivity (Wildman–Crippen MR) is 123 cm³/mol. The van der Waals surface area contributed by atoms with E-state index in [4.69, 9.17) is 27.9 Å². The fourth-order valence-corrected chi connectivity index (χ4v) is 5.07. The summed E-state index contributed by atoms with van der Waals surface area (Å²) in [6.07, 6.45) is 4.89. The van der Waals surface area contributed by atoms with Crippen LogP contribution in [-0.2, 0) is 23.4 Å². The summed E-state index contributed by atoms with van der Waals surface area (Å²) in [7, 11) is 0. The summed E-state index contributed by atoms with van der Waals surface area (Å²) < 4.78 is 6.00. The Bertz CT molecular complexity index is 823. The maximum Gasteiger partial charge on any atom is 0.261 e. The van der Waals surface area contributed by atoms with Crippen LogP contribution >= 0.6 is 35.0 Å². The van der Waals surface area contributed by atoms with E-state index in [0.717, 1.165) is 35.7 Å². The molecular weight excluding hydrogens is 425 g/mol. The normalized spacial score (nSPS) is 14.2. The fourth-order valence-electron chi connectivity index (χ4n) is 3.47. The number of fused-ring (bicyclic) bond motifs is 1. The van der Waals surface area contributed by atoms with Gasteiger partial charge in [-0.2, -0.15) is 11.8 Å². The van der Waals surface area contributed by atoms with E-state index in [9.17, 15) is 4.79 Å². The molecule has 1 amide bonds. The first-order valence-electron chi connectivity index (χ1n) is 10.1. The van der Waals surface area contributed by atoms with Gasteiger partial charge in [0.05, 0.1) is 0 Å². The maximum atomic E-state index is 12.5.